The van der Waals surface area contributed by atoms with Crippen LogP contribution in [0.4, 0.5) is 0 Å². The number of pyridine rings is 2. The number of ether oxygens (including phenoxy) is 1. The monoisotopic (exact) mass is 420 g/mol. The fraction of sp³-hybridized carbons (Fsp3) is 0.182. The predicted molar refractivity (Wildman–Crippen MR) is 113 cm³/mol. The van der Waals surface area contributed by atoms with Gasteiger partial charge in [0.15, 0.2) is 5.78 Å². The van der Waals surface area contributed by atoms with Crippen LogP contribution in [0.25, 0.3) is 22.2 Å². The van der Waals surface area contributed by atoms with Crippen LogP contribution in [0.5, 0.6) is 5.75 Å². The van der Waals surface area contributed by atoms with Gasteiger partial charge in [-0.25, -0.2) is 4.98 Å². The Hall–Kier alpha value is -3.45. The molecule has 8 heteroatoms. The normalized spacial score (nSPS) is 12.3. The van der Waals surface area contributed by atoms with E-state index in [4.69, 9.17) is 16.3 Å². The van der Waals surface area contributed by atoms with Crippen LogP contribution in [0.1, 0.15) is 22.3 Å². The van der Waals surface area contributed by atoms with Crippen LogP contribution in [0.2, 0.25) is 5.02 Å². The van der Waals surface area contributed by atoms with Gasteiger partial charge >= 0.3 is 0 Å². The van der Waals surface area contributed by atoms with Crippen LogP contribution in [0.15, 0.2) is 54.0 Å². The number of carbonyl (C=O) groups is 1. The fourth-order valence-electron chi connectivity index (χ4n) is 3.99. The third kappa shape index (κ3) is 2.81. The number of hydrogen-bond donors (Lipinski definition) is 0. The molecule has 30 heavy (non-hydrogen) atoms. The number of halogens is 1. The zero-order valence-electron chi connectivity index (χ0n) is 16.1. The predicted octanol–water partition coefficient (Wildman–Crippen LogP) is 3.56. The highest BCUT2D eigenvalue weighted by Crippen LogP contribution is 2.39. The molecule has 3 heterocycles. The van der Waals surface area contributed by atoms with Crippen molar-refractivity contribution in [3.63, 3.8) is 0 Å². The summed E-state index contributed by atoms with van der Waals surface area (Å²) in [6.45, 7) is 1.13. The average Bonchev–Trinajstić information content (AvgIpc) is 3.37. The van der Waals surface area contributed by atoms with Gasteiger partial charge in [-0.15, -0.1) is 0 Å². The smallest absolute Gasteiger partial charge is 0.259 e. The number of nitrogens with zero attached hydrogens (tertiary/aromatic N) is 4. The summed E-state index contributed by atoms with van der Waals surface area (Å²) >= 11 is 6.16. The Morgan fingerprint density at radius 2 is 2.00 bits per heavy atom. The summed E-state index contributed by atoms with van der Waals surface area (Å²) in [5, 5.41) is 1.47. The van der Waals surface area contributed by atoms with E-state index in [1.807, 2.05) is 10.8 Å². The number of methoxy groups -OCH3 is 1. The highest BCUT2D eigenvalue weighted by atomic mass is 35.5. The Morgan fingerprint density at radius 1 is 1.13 bits per heavy atom. The molecule has 7 nitrogen and oxygen atoms in total. The van der Waals surface area contributed by atoms with Crippen molar-refractivity contribution in [3.8, 4) is 17.1 Å². The highest BCUT2D eigenvalue weighted by molar-refractivity contribution is 6.32. The number of rotatable bonds is 5. The molecule has 1 aliphatic rings. The maximum Gasteiger partial charge on any atom is 0.259 e. The van der Waals surface area contributed by atoms with Crippen molar-refractivity contribution in [2.24, 2.45) is 0 Å². The molecule has 0 aliphatic heterocycles. The number of aromatic nitrogens is 4. The SMILES string of the molecule is COc1cnc2c(c1)C(=O)c1c-2n(CCCn2ccnc2)c(=O)c2cc(Cl)ccc12. The molecule has 4 aromatic rings. The lowest BCUT2D eigenvalue weighted by Crippen LogP contribution is -2.24. The van der Waals surface area contributed by atoms with Crippen LogP contribution in [0, 0.1) is 0 Å². The maximum absolute atomic E-state index is 13.4. The standard InChI is InChI=1S/C22H17ClN4O3/c1-30-14-10-17-19(25-11-14)20-18(21(17)28)15-4-3-13(23)9-16(15)22(29)27(20)7-2-6-26-8-5-24-12-26/h3-5,8-12H,2,6-7H2,1H3. The minimum Gasteiger partial charge on any atom is -0.495 e. The number of fused-ring (bicyclic) bond motifs is 5. The fourth-order valence-corrected chi connectivity index (χ4v) is 4.17. The lowest BCUT2D eigenvalue weighted by molar-refractivity contribution is 0.104. The second kappa shape index (κ2) is 7.11. The molecule has 0 amide bonds. The van der Waals surface area contributed by atoms with Crippen molar-refractivity contribution in [1.82, 2.24) is 19.1 Å². The van der Waals surface area contributed by atoms with Gasteiger partial charge < -0.3 is 13.9 Å². The van der Waals surface area contributed by atoms with Gasteiger partial charge in [0, 0.05) is 41.3 Å². The number of imidazole rings is 1. The molecule has 0 radical (unpaired) electrons. The van der Waals surface area contributed by atoms with Crippen LogP contribution >= 0.6 is 11.6 Å². The molecule has 150 valence electrons. The molecule has 0 fully saturated rings. The Morgan fingerprint density at radius 3 is 2.77 bits per heavy atom. The Labute approximate surface area is 176 Å². The van der Waals surface area contributed by atoms with E-state index in [1.54, 1.807) is 47.6 Å². The molecule has 0 saturated heterocycles. The van der Waals surface area contributed by atoms with Gasteiger partial charge in [-0.05, 0) is 24.6 Å². The number of aryl methyl sites for hydroxylation is 1. The van der Waals surface area contributed by atoms with Crippen molar-refractivity contribution in [2.45, 2.75) is 19.5 Å². The zero-order valence-corrected chi connectivity index (χ0v) is 16.9. The Bertz CT molecular complexity index is 1360. The third-order valence-corrected chi connectivity index (χ3v) is 5.62. The van der Waals surface area contributed by atoms with Crippen LogP contribution in [-0.4, -0.2) is 32.0 Å². The van der Waals surface area contributed by atoms with Crippen molar-refractivity contribution in [3.05, 3.63) is 75.7 Å². The average molecular weight is 421 g/mol. The second-order valence-corrected chi connectivity index (χ2v) is 7.56. The first-order valence-electron chi connectivity index (χ1n) is 9.49. The van der Waals surface area contributed by atoms with E-state index >= 15 is 0 Å². The molecule has 3 aromatic heterocycles. The van der Waals surface area contributed by atoms with Gasteiger partial charge in [0.05, 0.1) is 42.1 Å². The molecule has 1 aromatic carbocycles. The second-order valence-electron chi connectivity index (χ2n) is 7.12. The molecule has 0 atom stereocenters. The van der Waals surface area contributed by atoms with Crippen molar-refractivity contribution in [2.75, 3.05) is 7.11 Å². The molecule has 1 aliphatic carbocycles. The zero-order chi connectivity index (χ0) is 20.8. The van der Waals surface area contributed by atoms with Crippen LogP contribution < -0.4 is 10.3 Å². The van der Waals surface area contributed by atoms with Crippen LogP contribution in [0.3, 0.4) is 0 Å². The van der Waals surface area contributed by atoms with Gasteiger partial charge in [-0.1, -0.05) is 17.7 Å². The van der Waals surface area contributed by atoms with E-state index < -0.39 is 0 Å². The molecule has 0 saturated carbocycles. The summed E-state index contributed by atoms with van der Waals surface area (Å²) in [6, 6.07) is 6.72. The van der Waals surface area contributed by atoms with E-state index in [9.17, 15) is 9.59 Å². The molecular weight excluding hydrogens is 404 g/mol. The minimum absolute atomic E-state index is 0.165. The highest BCUT2D eigenvalue weighted by Gasteiger charge is 2.34. The quantitative estimate of drug-likeness (QED) is 0.434. The van der Waals surface area contributed by atoms with E-state index in [2.05, 4.69) is 9.97 Å². The largest absolute Gasteiger partial charge is 0.495 e. The molecule has 0 bridgehead atoms. The summed E-state index contributed by atoms with van der Waals surface area (Å²) in [5.41, 5.74) is 1.81. The van der Waals surface area contributed by atoms with Gasteiger partial charge in [0.2, 0.25) is 0 Å². The third-order valence-electron chi connectivity index (χ3n) is 5.38. The maximum atomic E-state index is 13.4. The van der Waals surface area contributed by atoms with Gasteiger partial charge in [0.25, 0.3) is 5.56 Å². The van der Waals surface area contributed by atoms with E-state index in [-0.39, 0.29) is 11.3 Å². The van der Waals surface area contributed by atoms with Crippen molar-refractivity contribution in [1.29, 1.82) is 0 Å². The Kier molecular flexibility index (Phi) is 4.40. The van der Waals surface area contributed by atoms with E-state index in [1.165, 1.54) is 7.11 Å². The summed E-state index contributed by atoms with van der Waals surface area (Å²) in [5.74, 6) is 0.332. The van der Waals surface area contributed by atoms with Crippen molar-refractivity contribution >= 4 is 28.2 Å². The topological polar surface area (TPSA) is 79.0 Å². The summed E-state index contributed by atoms with van der Waals surface area (Å²) in [6.07, 6.45) is 7.58. The molecule has 0 spiro atoms. The van der Waals surface area contributed by atoms with Gasteiger partial charge in [-0.3, -0.25) is 14.6 Å². The van der Waals surface area contributed by atoms with Gasteiger partial charge in [0.1, 0.15) is 5.75 Å². The summed E-state index contributed by atoms with van der Waals surface area (Å²) < 4.78 is 8.84. The van der Waals surface area contributed by atoms with E-state index in [0.29, 0.717) is 63.6 Å². The lowest BCUT2D eigenvalue weighted by atomic mass is 10.0. The van der Waals surface area contributed by atoms with Crippen LogP contribution in [-0.2, 0) is 13.1 Å². The lowest BCUT2D eigenvalue weighted by Gasteiger charge is -2.15. The first-order chi connectivity index (χ1) is 14.6. The molecule has 0 unspecified atom stereocenters. The number of ketones is 1. The first kappa shape index (κ1) is 18.6. The minimum atomic E-state index is -0.185. The molecule has 5 rings (SSSR count). The number of hydrogen-bond acceptors (Lipinski definition) is 5. The first-order valence-corrected chi connectivity index (χ1v) is 9.87. The van der Waals surface area contributed by atoms with E-state index in [0.717, 1.165) is 0 Å². The van der Waals surface area contributed by atoms with Crippen molar-refractivity contribution < 1.29 is 9.53 Å². The Balaban J connectivity index is 1.71. The number of benzene rings is 1. The summed E-state index contributed by atoms with van der Waals surface area (Å²) in [4.78, 5) is 35.2. The summed E-state index contributed by atoms with van der Waals surface area (Å²) in [7, 11) is 1.53. The van der Waals surface area contributed by atoms with Gasteiger partial charge in [-0.2, -0.15) is 0 Å². The number of carbonyl (C=O) groups excluding carboxylic acids is 1. The molecular formula is C22H17ClN4O3. The molecule has 0 N–H and O–H groups in total.